The average molecular weight is 208 g/mol. The maximum Gasteiger partial charge on any atom is 0.223 e. The second-order valence-electron chi connectivity index (χ2n) is 5.47. The molecule has 2 unspecified atom stereocenters. The SMILES string of the molecule is O=C(NCC12CC1CCCN2)C1CCC1. The highest BCUT2D eigenvalue weighted by Gasteiger charge is 2.54. The highest BCUT2D eigenvalue weighted by atomic mass is 16.1. The minimum absolute atomic E-state index is 0.300. The highest BCUT2D eigenvalue weighted by Crippen LogP contribution is 2.48. The Morgan fingerprint density at radius 1 is 1.33 bits per heavy atom. The van der Waals surface area contributed by atoms with Gasteiger partial charge in [0.2, 0.25) is 5.91 Å². The van der Waals surface area contributed by atoms with Crippen molar-refractivity contribution in [2.24, 2.45) is 11.8 Å². The Hall–Kier alpha value is -0.570. The summed E-state index contributed by atoms with van der Waals surface area (Å²) in [5, 5.41) is 6.72. The summed E-state index contributed by atoms with van der Waals surface area (Å²) < 4.78 is 0. The molecular formula is C12H20N2O. The minimum atomic E-state index is 0.300. The molecule has 1 heterocycles. The molecule has 3 nitrogen and oxygen atoms in total. The number of carbonyl (C=O) groups excluding carboxylic acids is 1. The van der Waals surface area contributed by atoms with E-state index in [-0.39, 0.29) is 0 Å². The Kier molecular flexibility index (Phi) is 2.23. The van der Waals surface area contributed by atoms with E-state index in [0.717, 1.165) is 31.8 Å². The lowest BCUT2D eigenvalue weighted by atomic mass is 9.85. The number of rotatable bonds is 3. The first-order chi connectivity index (χ1) is 7.30. The molecule has 0 spiro atoms. The summed E-state index contributed by atoms with van der Waals surface area (Å²) >= 11 is 0. The maximum atomic E-state index is 11.7. The molecule has 2 atom stereocenters. The molecule has 1 saturated heterocycles. The van der Waals surface area contributed by atoms with Gasteiger partial charge < -0.3 is 10.6 Å². The fraction of sp³-hybridized carbons (Fsp3) is 0.917. The summed E-state index contributed by atoms with van der Waals surface area (Å²) in [6.07, 6.45) is 7.39. The number of amides is 1. The number of piperidine rings is 1. The van der Waals surface area contributed by atoms with Gasteiger partial charge in [0.1, 0.15) is 0 Å². The summed E-state index contributed by atoms with van der Waals surface area (Å²) in [4.78, 5) is 11.7. The van der Waals surface area contributed by atoms with E-state index in [0.29, 0.717) is 17.4 Å². The molecule has 3 aliphatic rings. The molecule has 1 aliphatic heterocycles. The Morgan fingerprint density at radius 2 is 2.20 bits per heavy atom. The van der Waals surface area contributed by atoms with Gasteiger partial charge in [0.25, 0.3) is 0 Å². The van der Waals surface area contributed by atoms with Crippen molar-refractivity contribution in [3.8, 4) is 0 Å². The molecule has 2 aliphatic carbocycles. The van der Waals surface area contributed by atoms with E-state index in [1.807, 2.05) is 0 Å². The van der Waals surface area contributed by atoms with E-state index in [9.17, 15) is 4.79 Å². The molecule has 0 aromatic heterocycles. The van der Waals surface area contributed by atoms with Gasteiger partial charge in [0, 0.05) is 18.0 Å². The van der Waals surface area contributed by atoms with Crippen molar-refractivity contribution in [3.05, 3.63) is 0 Å². The van der Waals surface area contributed by atoms with Gasteiger partial charge in [0.05, 0.1) is 0 Å². The molecule has 3 heteroatoms. The Morgan fingerprint density at radius 3 is 2.87 bits per heavy atom. The van der Waals surface area contributed by atoms with Gasteiger partial charge in [-0.05, 0) is 44.6 Å². The molecule has 3 rings (SSSR count). The molecule has 1 amide bonds. The van der Waals surface area contributed by atoms with Crippen LogP contribution in [0.3, 0.4) is 0 Å². The summed E-state index contributed by atoms with van der Waals surface area (Å²) in [5.41, 5.74) is 0.303. The van der Waals surface area contributed by atoms with E-state index < -0.39 is 0 Å². The quantitative estimate of drug-likeness (QED) is 0.727. The average Bonchev–Trinajstić information content (AvgIpc) is 2.87. The fourth-order valence-corrected chi connectivity index (χ4v) is 3.00. The fourth-order valence-electron chi connectivity index (χ4n) is 3.00. The lowest BCUT2D eigenvalue weighted by molar-refractivity contribution is -0.127. The molecule has 0 radical (unpaired) electrons. The van der Waals surface area contributed by atoms with Crippen LogP contribution in [0.25, 0.3) is 0 Å². The van der Waals surface area contributed by atoms with Gasteiger partial charge in [-0.1, -0.05) is 6.42 Å². The van der Waals surface area contributed by atoms with Crippen LogP contribution in [0.15, 0.2) is 0 Å². The van der Waals surface area contributed by atoms with Crippen LogP contribution in [0.4, 0.5) is 0 Å². The van der Waals surface area contributed by atoms with Gasteiger partial charge in [-0.3, -0.25) is 4.79 Å². The number of hydrogen-bond donors (Lipinski definition) is 2. The molecular weight excluding hydrogens is 188 g/mol. The summed E-state index contributed by atoms with van der Waals surface area (Å²) in [7, 11) is 0. The number of fused-ring (bicyclic) bond motifs is 1. The third kappa shape index (κ3) is 1.67. The van der Waals surface area contributed by atoms with Crippen molar-refractivity contribution < 1.29 is 4.79 Å². The first-order valence-electron chi connectivity index (χ1n) is 6.33. The van der Waals surface area contributed by atoms with Crippen LogP contribution in [-0.2, 0) is 4.79 Å². The molecule has 0 aromatic carbocycles. The maximum absolute atomic E-state index is 11.7. The van der Waals surface area contributed by atoms with Crippen LogP contribution in [0.1, 0.15) is 38.5 Å². The third-order valence-electron chi connectivity index (χ3n) is 4.49. The van der Waals surface area contributed by atoms with E-state index in [2.05, 4.69) is 10.6 Å². The van der Waals surface area contributed by atoms with Crippen molar-refractivity contribution in [2.45, 2.75) is 44.1 Å². The van der Waals surface area contributed by atoms with Crippen LogP contribution in [0, 0.1) is 11.8 Å². The molecule has 2 saturated carbocycles. The number of carbonyl (C=O) groups is 1. The van der Waals surface area contributed by atoms with Crippen LogP contribution >= 0.6 is 0 Å². The normalized spacial score (nSPS) is 39.1. The first kappa shape index (κ1) is 9.64. The number of nitrogens with one attached hydrogen (secondary N) is 2. The molecule has 3 fully saturated rings. The Balaban J connectivity index is 1.47. The van der Waals surface area contributed by atoms with Crippen LogP contribution in [0.5, 0.6) is 0 Å². The van der Waals surface area contributed by atoms with Crippen molar-refractivity contribution in [3.63, 3.8) is 0 Å². The second-order valence-corrected chi connectivity index (χ2v) is 5.47. The van der Waals surface area contributed by atoms with Crippen molar-refractivity contribution in [1.29, 1.82) is 0 Å². The zero-order valence-electron chi connectivity index (χ0n) is 9.22. The zero-order valence-corrected chi connectivity index (χ0v) is 9.22. The first-order valence-corrected chi connectivity index (χ1v) is 6.33. The van der Waals surface area contributed by atoms with E-state index >= 15 is 0 Å². The Bertz CT molecular complexity index is 275. The molecule has 0 aromatic rings. The zero-order chi connectivity index (χ0) is 10.3. The molecule has 0 bridgehead atoms. The van der Waals surface area contributed by atoms with Gasteiger partial charge >= 0.3 is 0 Å². The highest BCUT2D eigenvalue weighted by molar-refractivity contribution is 5.79. The lowest BCUT2D eigenvalue weighted by Crippen LogP contribution is -2.48. The van der Waals surface area contributed by atoms with E-state index in [1.165, 1.54) is 25.7 Å². The second kappa shape index (κ2) is 3.48. The van der Waals surface area contributed by atoms with Crippen molar-refractivity contribution in [1.82, 2.24) is 10.6 Å². The third-order valence-corrected chi connectivity index (χ3v) is 4.49. The molecule has 84 valence electrons. The van der Waals surface area contributed by atoms with Gasteiger partial charge in [-0.25, -0.2) is 0 Å². The minimum Gasteiger partial charge on any atom is -0.354 e. The van der Waals surface area contributed by atoms with Gasteiger partial charge in [0.15, 0.2) is 0 Å². The predicted molar refractivity (Wildman–Crippen MR) is 58.4 cm³/mol. The summed E-state index contributed by atoms with van der Waals surface area (Å²) in [5.74, 6) is 1.48. The van der Waals surface area contributed by atoms with Crippen LogP contribution in [-0.4, -0.2) is 24.5 Å². The summed E-state index contributed by atoms with van der Waals surface area (Å²) in [6.45, 7) is 2.00. The van der Waals surface area contributed by atoms with Crippen molar-refractivity contribution >= 4 is 5.91 Å². The van der Waals surface area contributed by atoms with Crippen molar-refractivity contribution in [2.75, 3.05) is 13.1 Å². The molecule has 15 heavy (non-hydrogen) atoms. The lowest BCUT2D eigenvalue weighted by Gasteiger charge is -2.28. The Labute approximate surface area is 91.0 Å². The van der Waals surface area contributed by atoms with E-state index in [1.54, 1.807) is 0 Å². The van der Waals surface area contributed by atoms with Crippen LogP contribution in [0.2, 0.25) is 0 Å². The van der Waals surface area contributed by atoms with Gasteiger partial charge in [-0.2, -0.15) is 0 Å². The topological polar surface area (TPSA) is 41.1 Å². The smallest absolute Gasteiger partial charge is 0.223 e. The number of hydrogen-bond acceptors (Lipinski definition) is 2. The standard InChI is InChI=1S/C12H20N2O/c15-11(9-3-1-4-9)13-8-12-7-10(12)5-2-6-14-12/h9-10,14H,1-8H2,(H,13,15). The predicted octanol–water partition coefficient (Wildman–Crippen LogP) is 1.04. The van der Waals surface area contributed by atoms with E-state index in [4.69, 9.17) is 0 Å². The monoisotopic (exact) mass is 208 g/mol. The van der Waals surface area contributed by atoms with Crippen LogP contribution < -0.4 is 10.6 Å². The summed E-state index contributed by atoms with van der Waals surface area (Å²) in [6, 6.07) is 0. The molecule has 2 N–H and O–H groups in total. The van der Waals surface area contributed by atoms with Gasteiger partial charge in [-0.15, -0.1) is 0 Å². The largest absolute Gasteiger partial charge is 0.354 e.